The zero-order valence-corrected chi connectivity index (χ0v) is 5.14. The standard InChI is InChI=1S/C7H13N/c1-4-8-5-2-7(1)3-6-8/h7H,1-6H2/i1D/t1-/m1/s1. The maximum atomic E-state index is 7.62. The van der Waals surface area contributed by atoms with Crippen LogP contribution in [0.3, 0.4) is 0 Å². The van der Waals surface area contributed by atoms with Crippen molar-refractivity contribution in [2.24, 2.45) is 5.92 Å². The summed E-state index contributed by atoms with van der Waals surface area (Å²) >= 11 is 0. The van der Waals surface area contributed by atoms with Gasteiger partial charge in [-0.2, -0.15) is 0 Å². The molecule has 1 heteroatoms. The lowest BCUT2D eigenvalue weighted by Gasteiger charge is -2.38. The molecule has 3 fully saturated rings. The number of hydrogen-bond donors (Lipinski definition) is 0. The Labute approximate surface area is 52.1 Å². The Balaban J connectivity index is 2.06. The van der Waals surface area contributed by atoms with Crippen LogP contribution in [0.25, 0.3) is 0 Å². The molecule has 0 aromatic carbocycles. The van der Waals surface area contributed by atoms with E-state index in [9.17, 15) is 0 Å². The van der Waals surface area contributed by atoms with E-state index in [-0.39, 0.29) is 6.40 Å². The van der Waals surface area contributed by atoms with Gasteiger partial charge < -0.3 is 4.90 Å². The normalized spacial score (nSPS) is 56.0. The zero-order chi connectivity index (χ0) is 6.27. The molecule has 2 bridgehead atoms. The molecule has 3 aliphatic heterocycles. The van der Waals surface area contributed by atoms with E-state index in [1.807, 2.05) is 0 Å². The molecule has 8 heavy (non-hydrogen) atoms. The van der Waals surface area contributed by atoms with E-state index in [1.165, 1.54) is 25.9 Å². The van der Waals surface area contributed by atoms with Crippen molar-refractivity contribution < 1.29 is 1.37 Å². The average Bonchev–Trinajstić information content (AvgIpc) is 1.90. The lowest BCUT2D eigenvalue weighted by Crippen LogP contribution is -2.41. The first-order chi connectivity index (χ1) is 4.36. The molecule has 3 heterocycles. The third-order valence-corrected chi connectivity index (χ3v) is 2.33. The smallest absolute Gasteiger partial charge is 0.0282 e. The molecule has 0 saturated carbocycles. The van der Waals surface area contributed by atoms with Crippen LogP contribution >= 0.6 is 0 Å². The zero-order valence-electron chi connectivity index (χ0n) is 6.14. The molecule has 0 aromatic rings. The summed E-state index contributed by atoms with van der Waals surface area (Å²) in [5.74, 6) is 0.745. The first-order valence-corrected chi connectivity index (χ1v) is 3.51. The molecule has 1 atom stereocenters. The fourth-order valence-electron chi connectivity index (χ4n) is 1.67. The first-order valence-electron chi connectivity index (χ1n) is 4.08. The fraction of sp³-hybridized carbons (Fsp3) is 1.00. The third kappa shape index (κ3) is 0.655. The topological polar surface area (TPSA) is 3.24 Å². The summed E-state index contributed by atoms with van der Waals surface area (Å²) in [5, 5.41) is 0. The second-order valence-electron chi connectivity index (χ2n) is 2.87. The van der Waals surface area contributed by atoms with Crippen molar-refractivity contribution >= 4 is 0 Å². The summed E-state index contributed by atoms with van der Waals surface area (Å²) < 4.78 is 7.62. The number of rotatable bonds is 0. The molecule has 1 nitrogen and oxygen atoms in total. The Bertz CT molecular complexity index is 107. The minimum absolute atomic E-state index is 0.243. The predicted octanol–water partition coefficient (Wildman–Crippen LogP) is 1.10. The van der Waals surface area contributed by atoms with Crippen LogP contribution in [-0.4, -0.2) is 24.5 Å². The highest BCUT2D eigenvalue weighted by Crippen LogP contribution is 2.26. The summed E-state index contributed by atoms with van der Waals surface area (Å²) in [4.78, 5) is 2.41. The van der Waals surface area contributed by atoms with Crippen LogP contribution < -0.4 is 0 Å². The van der Waals surface area contributed by atoms with E-state index in [1.54, 1.807) is 0 Å². The molecule has 0 aliphatic carbocycles. The van der Waals surface area contributed by atoms with Crippen molar-refractivity contribution in [2.45, 2.75) is 19.2 Å². The van der Waals surface area contributed by atoms with Crippen molar-refractivity contribution in [3.8, 4) is 0 Å². The van der Waals surface area contributed by atoms with Gasteiger partial charge in [0.1, 0.15) is 0 Å². The SMILES string of the molecule is [2H][C@@H]1CN2CCC1CC2. The number of piperidine rings is 3. The molecule has 3 rings (SSSR count). The summed E-state index contributed by atoms with van der Waals surface area (Å²) in [6.45, 7) is 3.57. The highest BCUT2D eigenvalue weighted by atomic mass is 15.1. The molecular weight excluding hydrogens is 98.1 g/mol. The van der Waals surface area contributed by atoms with E-state index in [0.717, 1.165) is 12.5 Å². The van der Waals surface area contributed by atoms with Gasteiger partial charge in [-0.05, 0) is 44.8 Å². The molecule has 0 amide bonds. The Morgan fingerprint density at radius 2 is 2.00 bits per heavy atom. The molecule has 3 saturated heterocycles. The second kappa shape index (κ2) is 1.73. The predicted molar refractivity (Wildman–Crippen MR) is 33.8 cm³/mol. The van der Waals surface area contributed by atoms with Crippen LogP contribution in [0.1, 0.15) is 20.6 Å². The molecule has 0 radical (unpaired) electrons. The van der Waals surface area contributed by atoms with Gasteiger partial charge >= 0.3 is 0 Å². The van der Waals surface area contributed by atoms with Gasteiger partial charge in [0.2, 0.25) is 0 Å². The Morgan fingerprint density at radius 3 is 2.25 bits per heavy atom. The Morgan fingerprint density at radius 1 is 1.25 bits per heavy atom. The number of fused-ring (bicyclic) bond motifs is 3. The largest absolute Gasteiger partial charge is 0.303 e. The average molecular weight is 112 g/mol. The highest BCUT2D eigenvalue weighted by Gasteiger charge is 2.24. The van der Waals surface area contributed by atoms with E-state index < -0.39 is 0 Å². The van der Waals surface area contributed by atoms with Crippen LogP contribution in [0.4, 0.5) is 0 Å². The Kier molecular flexibility index (Phi) is 0.840. The van der Waals surface area contributed by atoms with Gasteiger partial charge in [0.25, 0.3) is 0 Å². The van der Waals surface area contributed by atoms with E-state index in [0.29, 0.717) is 0 Å². The van der Waals surface area contributed by atoms with Gasteiger partial charge in [-0.25, -0.2) is 0 Å². The van der Waals surface area contributed by atoms with E-state index in [2.05, 4.69) is 4.90 Å². The van der Waals surface area contributed by atoms with Crippen molar-refractivity contribution in [3.63, 3.8) is 0 Å². The minimum Gasteiger partial charge on any atom is -0.303 e. The van der Waals surface area contributed by atoms with Gasteiger partial charge in [0.15, 0.2) is 0 Å². The lowest BCUT2D eigenvalue weighted by atomic mass is 9.89. The summed E-state index contributed by atoms with van der Waals surface area (Å²) in [6, 6.07) is 0. The maximum Gasteiger partial charge on any atom is 0.0282 e. The van der Waals surface area contributed by atoms with Gasteiger partial charge in [0.05, 0.1) is 0 Å². The van der Waals surface area contributed by atoms with Crippen molar-refractivity contribution in [3.05, 3.63) is 0 Å². The molecule has 3 aliphatic rings. The molecular formula is C7H13N. The quantitative estimate of drug-likeness (QED) is 0.453. The summed E-state index contributed by atoms with van der Waals surface area (Å²) in [7, 11) is 0. The van der Waals surface area contributed by atoms with Crippen LogP contribution in [0.2, 0.25) is 0 Å². The fourth-order valence-corrected chi connectivity index (χ4v) is 1.67. The second-order valence-corrected chi connectivity index (χ2v) is 2.87. The summed E-state index contributed by atoms with van der Waals surface area (Å²) in [5.41, 5.74) is 0. The first kappa shape index (κ1) is 3.89. The van der Waals surface area contributed by atoms with Crippen molar-refractivity contribution in [1.82, 2.24) is 4.90 Å². The van der Waals surface area contributed by atoms with Crippen molar-refractivity contribution in [1.29, 1.82) is 0 Å². The molecule has 0 unspecified atom stereocenters. The monoisotopic (exact) mass is 112 g/mol. The van der Waals surface area contributed by atoms with Crippen LogP contribution in [-0.2, 0) is 0 Å². The van der Waals surface area contributed by atoms with E-state index in [4.69, 9.17) is 1.37 Å². The maximum absolute atomic E-state index is 7.62. The highest BCUT2D eigenvalue weighted by molar-refractivity contribution is 4.78. The van der Waals surface area contributed by atoms with Crippen molar-refractivity contribution in [2.75, 3.05) is 19.6 Å². The molecule has 46 valence electrons. The van der Waals surface area contributed by atoms with Gasteiger partial charge in [-0.1, -0.05) is 0 Å². The van der Waals surface area contributed by atoms with Gasteiger partial charge in [-0.3, -0.25) is 0 Å². The Hall–Kier alpha value is -0.0400. The van der Waals surface area contributed by atoms with Gasteiger partial charge in [-0.15, -0.1) is 0 Å². The third-order valence-electron chi connectivity index (χ3n) is 2.33. The minimum atomic E-state index is 0.243. The number of nitrogens with zero attached hydrogens (tertiary/aromatic N) is 1. The molecule has 0 spiro atoms. The lowest BCUT2D eigenvalue weighted by molar-refractivity contribution is 0.111. The van der Waals surface area contributed by atoms with Gasteiger partial charge in [0, 0.05) is 1.37 Å². The number of hydrogen-bond acceptors (Lipinski definition) is 1. The molecule has 0 aromatic heterocycles. The molecule has 0 N–H and O–H groups in total. The van der Waals surface area contributed by atoms with Crippen LogP contribution in [0.5, 0.6) is 0 Å². The van der Waals surface area contributed by atoms with Crippen LogP contribution in [0.15, 0.2) is 0 Å². The summed E-state index contributed by atoms with van der Waals surface area (Å²) in [6.07, 6.45) is 2.81. The van der Waals surface area contributed by atoms with E-state index >= 15 is 0 Å². The van der Waals surface area contributed by atoms with Crippen LogP contribution in [0, 0.1) is 5.92 Å².